The highest BCUT2D eigenvalue weighted by molar-refractivity contribution is 7.99. The third kappa shape index (κ3) is 5.45. The number of rotatable bonds is 8. The van der Waals surface area contributed by atoms with E-state index in [0.29, 0.717) is 21.5 Å². The van der Waals surface area contributed by atoms with Gasteiger partial charge in [-0.1, -0.05) is 37.2 Å². The van der Waals surface area contributed by atoms with Gasteiger partial charge in [-0.3, -0.25) is 4.79 Å². The largest absolute Gasteiger partial charge is 0.483 e. The van der Waals surface area contributed by atoms with Crippen molar-refractivity contribution in [1.29, 1.82) is 5.26 Å². The average molecular weight is 496 g/mol. The number of thioether (sulfide) groups is 1. The maximum atomic E-state index is 12.7. The summed E-state index contributed by atoms with van der Waals surface area (Å²) in [5, 5.41) is 22.5. The Labute approximate surface area is 208 Å². The molecule has 1 amide bonds. The summed E-state index contributed by atoms with van der Waals surface area (Å²) in [4.78, 5) is 13.9. The molecular formula is C25H29N5O2S2. The van der Waals surface area contributed by atoms with Gasteiger partial charge in [0.05, 0.1) is 11.3 Å². The fourth-order valence-corrected chi connectivity index (χ4v) is 6.08. The number of hydrogen-bond donors (Lipinski definition) is 1. The predicted molar refractivity (Wildman–Crippen MR) is 136 cm³/mol. The number of anilines is 1. The number of nitriles is 1. The number of carbonyl (C=O) groups is 1. The highest BCUT2D eigenvalue weighted by Crippen LogP contribution is 2.37. The molecule has 178 valence electrons. The fraction of sp³-hybridized carbons (Fsp3) is 0.440. The van der Waals surface area contributed by atoms with Crippen LogP contribution in [0, 0.1) is 11.3 Å². The fourth-order valence-electron chi connectivity index (χ4n) is 4.11. The van der Waals surface area contributed by atoms with Crippen molar-refractivity contribution < 1.29 is 9.53 Å². The molecular weight excluding hydrogens is 466 g/mol. The summed E-state index contributed by atoms with van der Waals surface area (Å²) in [6.45, 7) is 4.05. The Balaban J connectivity index is 1.36. The molecule has 1 aliphatic carbocycles. The average Bonchev–Trinajstić information content (AvgIpc) is 3.27. The molecule has 0 fully saturated rings. The van der Waals surface area contributed by atoms with Crippen LogP contribution in [0.15, 0.2) is 29.4 Å². The molecule has 1 aliphatic rings. The molecule has 7 nitrogen and oxygen atoms in total. The summed E-state index contributed by atoms with van der Waals surface area (Å²) in [5.74, 6) is 1.51. The maximum Gasteiger partial charge on any atom is 0.235 e. The Hall–Kier alpha value is -2.83. The second-order valence-electron chi connectivity index (χ2n) is 8.37. The number of aromatic nitrogens is 3. The monoisotopic (exact) mass is 495 g/mol. The van der Waals surface area contributed by atoms with Gasteiger partial charge in [-0.15, -0.1) is 21.5 Å². The first-order chi connectivity index (χ1) is 16.5. The Bertz CT molecular complexity index is 1190. The van der Waals surface area contributed by atoms with Gasteiger partial charge in [-0.05, 0) is 62.3 Å². The van der Waals surface area contributed by atoms with Crippen LogP contribution in [0.3, 0.4) is 0 Å². The number of amides is 1. The minimum atomic E-state index is -0.284. The lowest BCUT2D eigenvalue weighted by Crippen LogP contribution is -2.15. The lowest BCUT2D eigenvalue weighted by atomic mass is 10.1. The Morgan fingerprint density at radius 2 is 2.03 bits per heavy atom. The van der Waals surface area contributed by atoms with E-state index >= 15 is 0 Å². The highest BCUT2D eigenvalue weighted by Gasteiger charge is 2.22. The molecule has 1 atom stereocenters. The molecule has 0 saturated carbocycles. The van der Waals surface area contributed by atoms with E-state index in [4.69, 9.17) is 4.74 Å². The van der Waals surface area contributed by atoms with Crippen molar-refractivity contribution in [3.8, 4) is 11.8 Å². The number of nitrogens with zero attached hydrogens (tertiary/aromatic N) is 4. The normalized spacial score (nSPS) is 14.1. The summed E-state index contributed by atoms with van der Waals surface area (Å²) < 4.78 is 7.89. The zero-order valence-corrected chi connectivity index (χ0v) is 21.4. The number of ether oxygens (including phenoxy) is 1. The van der Waals surface area contributed by atoms with Gasteiger partial charge in [0.25, 0.3) is 0 Å². The number of benzene rings is 1. The summed E-state index contributed by atoms with van der Waals surface area (Å²) in [5.41, 5.74) is 3.03. The van der Waals surface area contributed by atoms with Crippen LogP contribution in [0.4, 0.5) is 5.00 Å². The van der Waals surface area contributed by atoms with Gasteiger partial charge in [0.2, 0.25) is 5.91 Å². The van der Waals surface area contributed by atoms with Crippen molar-refractivity contribution in [2.24, 2.45) is 7.05 Å². The van der Waals surface area contributed by atoms with Crippen LogP contribution in [0.2, 0.25) is 0 Å². The number of aryl methyl sites for hydroxylation is 2. The van der Waals surface area contributed by atoms with E-state index in [1.54, 1.807) is 11.3 Å². The number of nitrogens with one attached hydrogen (secondary N) is 1. The maximum absolute atomic E-state index is 12.7. The number of thiophene rings is 1. The highest BCUT2D eigenvalue weighted by atomic mass is 32.2. The van der Waals surface area contributed by atoms with E-state index in [9.17, 15) is 10.1 Å². The van der Waals surface area contributed by atoms with Gasteiger partial charge in [-0.2, -0.15) is 5.26 Å². The molecule has 0 aliphatic heterocycles. The lowest BCUT2D eigenvalue weighted by molar-refractivity contribution is -0.113. The van der Waals surface area contributed by atoms with E-state index in [-0.39, 0.29) is 17.8 Å². The van der Waals surface area contributed by atoms with Gasteiger partial charge < -0.3 is 14.6 Å². The van der Waals surface area contributed by atoms with Crippen molar-refractivity contribution >= 4 is 34.0 Å². The first kappa shape index (κ1) is 24.3. The Kier molecular flexibility index (Phi) is 7.91. The SMILES string of the molecule is CCc1ccc(OC(C)c2nnc(SCC(=O)Nc3sc4c(c3C#N)CCCCC4)n2C)cc1. The van der Waals surface area contributed by atoms with Crippen molar-refractivity contribution in [3.05, 3.63) is 51.7 Å². The van der Waals surface area contributed by atoms with Crippen molar-refractivity contribution in [3.63, 3.8) is 0 Å². The number of fused-ring (bicyclic) bond motifs is 1. The van der Waals surface area contributed by atoms with Crippen LogP contribution < -0.4 is 10.1 Å². The van der Waals surface area contributed by atoms with Crippen LogP contribution >= 0.6 is 23.1 Å². The van der Waals surface area contributed by atoms with E-state index in [1.807, 2.05) is 30.7 Å². The molecule has 2 heterocycles. The van der Waals surface area contributed by atoms with Crippen LogP contribution in [-0.4, -0.2) is 26.4 Å². The minimum Gasteiger partial charge on any atom is -0.483 e. The molecule has 4 rings (SSSR count). The van der Waals surface area contributed by atoms with E-state index in [1.165, 1.54) is 28.6 Å². The molecule has 1 unspecified atom stereocenters. The first-order valence-electron chi connectivity index (χ1n) is 11.6. The quantitative estimate of drug-likeness (QED) is 0.330. The molecule has 9 heteroatoms. The van der Waals surface area contributed by atoms with Gasteiger partial charge >= 0.3 is 0 Å². The van der Waals surface area contributed by atoms with Gasteiger partial charge in [0.15, 0.2) is 17.1 Å². The van der Waals surface area contributed by atoms with Gasteiger partial charge in [0, 0.05) is 11.9 Å². The van der Waals surface area contributed by atoms with E-state index < -0.39 is 0 Å². The van der Waals surface area contributed by atoms with Crippen LogP contribution in [0.5, 0.6) is 5.75 Å². The minimum absolute atomic E-state index is 0.150. The van der Waals surface area contributed by atoms with Crippen LogP contribution in [-0.2, 0) is 31.1 Å². The predicted octanol–water partition coefficient (Wildman–Crippen LogP) is 5.45. The molecule has 1 N–H and O–H groups in total. The van der Waals surface area contributed by atoms with Crippen molar-refractivity contribution in [2.45, 2.75) is 63.6 Å². The first-order valence-corrected chi connectivity index (χ1v) is 13.4. The Morgan fingerprint density at radius 1 is 1.26 bits per heavy atom. The van der Waals surface area contributed by atoms with Gasteiger partial charge in [0.1, 0.15) is 16.8 Å². The molecule has 34 heavy (non-hydrogen) atoms. The summed E-state index contributed by atoms with van der Waals surface area (Å²) >= 11 is 2.87. The lowest BCUT2D eigenvalue weighted by Gasteiger charge is -2.14. The van der Waals surface area contributed by atoms with Crippen molar-refractivity contribution in [1.82, 2.24) is 14.8 Å². The standard InChI is InChI=1S/C25H29N5O2S2/c1-4-17-10-12-18(13-11-17)32-16(2)23-28-29-25(30(23)3)33-15-22(31)27-24-20(14-26)19-8-6-5-7-9-21(19)34-24/h10-13,16H,4-9,15H2,1-3H3,(H,27,31). The van der Waals surface area contributed by atoms with E-state index in [2.05, 4.69) is 40.6 Å². The third-order valence-corrected chi connectivity index (χ3v) is 8.22. The van der Waals surface area contributed by atoms with Crippen LogP contribution in [0.25, 0.3) is 0 Å². The summed E-state index contributed by atoms with van der Waals surface area (Å²) in [6, 6.07) is 10.4. The van der Waals surface area contributed by atoms with E-state index in [0.717, 1.165) is 43.4 Å². The molecule has 2 aromatic heterocycles. The number of hydrogen-bond acceptors (Lipinski definition) is 7. The Morgan fingerprint density at radius 3 is 2.76 bits per heavy atom. The summed E-state index contributed by atoms with van der Waals surface area (Å²) in [7, 11) is 1.87. The summed E-state index contributed by atoms with van der Waals surface area (Å²) in [6.07, 6.45) is 6.05. The zero-order chi connectivity index (χ0) is 24.1. The number of carbonyl (C=O) groups excluding carboxylic acids is 1. The smallest absolute Gasteiger partial charge is 0.235 e. The molecule has 1 aromatic carbocycles. The zero-order valence-electron chi connectivity index (χ0n) is 19.8. The molecule has 0 bridgehead atoms. The van der Waals surface area contributed by atoms with Crippen molar-refractivity contribution in [2.75, 3.05) is 11.1 Å². The molecule has 0 spiro atoms. The van der Waals surface area contributed by atoms with Crippen LogP contribution in [0.1, 0.15) is 66.6 Å². The third-order valence-electron chi connectivity index (χ3n) is 6.00. The van der Waals surface area contributed by atoms with Gasteiger partial charge in [-0.25, -0.2) is 0 Å². The second-order valence-corrected chi connectivity index (χ2v) is 10.4. The second kappa shape index (κ2) is 11.1. The molecule has 0 saturated heterocycles. The molecule has 3 aromatic rings. The topological polar surface area (TPSA) is 92.8 Å². The molecule has 0 radical (unpaired) electrons.